The Balaban J connectivity index is 1.13. The van der Waals surface area contributed by atoms with Gasteiger partial charge in [0.15, 0.2) is 0 Å². The van der Waals surface area contributed by atoms with Crippen LogP contribution in [0.25, 0.3) is 110 Å². The first-order chi connectivity index (χ1) is 28.8. The summed E-state index contributed by atoms with van der Waals surface area (Å²) in [6.45, 7) is 2.39. The Morgan fingerprint density at radius 1 is 0.390 bits per heavy atom. The Labute approximate surface area is 345 Å². The van der Waals surface area contributed by atoms with Crippen molar-refractivity contribution in [2.45, 2.75) is 26.5 Å². The lowest BCUT2D eigenvalue weighted by atomic mass is 9.90. The van der Waals surface area contributed by atoms with Crippen molar-refractivity contribution in [3.8, 4) is 44.5 Å². The van der Waals surface area contributed by atoms with Gasteiger partial charge in [-0.3, -0.25) is 0 Å². The molecule has 0 amide bonds. The molecular formula is C55H40O2S2. The van der Waals surface area contributed by atoms with E-state index in [2.05, 4.69) is 183 Å². The summed E-state index contributed by atoms with van der Waals surface area (Å²) >= 11 is 0. The Morgan fingerprint density at radius 3 is 1.54 bits per heavy atom. The molecule has 284 valence electrons. The molecular weight excluding hydrogens is 757 g/mol. The molecule has 4 heterocycles. The van der Waals surface area contributed by atoms with E-state index in [1.807, 2.05) is 0 Å². The molecule has 1 unspecified atom stereocenters. The van der Waals surface area contributed by atoms with E-state index in [1.165, 1.54) is 107 Å². The summed E-state index contributed by atoms with van der Waals surface area (Å²) in [5.41, 5.74) is 14.1. The minimum atomic E-state index is -1.47. The van der Waals surface area contributed by atoms with Crippen LogP contribution in [-0.4, -0.2) is 24.5 Å². The zero-order valence-corrected chi connectivity index (χ0v) is 35.0. The zero-order valence-electron chi connectivity index (χ0n) is 33.4. The minimum Gasteiger partial charge on any atom is -0.455 e. The summed E-state index contributed by atoms with van der Waals surface area (Å²) < 4.78 is 14.1. The second-order valence-corrected chi connectivity index (χ2v) is 24.0. The number of hydrogen-bond donors (Lipinski definition) is 0. The molecule has 2 aliphatic heterocycles. The van der Waals surface area contributed by atoms with Gasteiger partial charge in [0.25, 0.3) is 0 Å². The van der Waals surface area contributed by atoms with E-state index in [-0.39, 0.29) is 0 Å². The molecule has 11 aromatic rings. The first kappa shape index (κ1) is 33.7. The maximum atomic E-state index is 7.10. The third-order valence-electron chi connectivity index (χ3n) is 13.7. The van der Waals surface area contributed by atoms with Crippen LogP contribution in [0.5, 0.6) is 0 Å². The molecule has 2 aliphatic rings. The van der Waals surface area contributed by atoms with Gasteiger partial charge in [0.05, 0.1) is 0 Å². The fraction of sp³-hybridized carbons (Fsp3) is 0.0909. The van der Waals surface area contributed by atoms with Gasteiger partial charge in [0, 0.05) is 63.4 Å². The molecule has 0 fully saturated rings. The molecule has 13 rings (SSSR count). The number of furan rings is 2. The van der Waals surface area contributed by atoms with Crippen LogP contribution in [0.3, 0.4) is 0 Å². The van der Waals surface area contributed by atoms with E-state index >= 15 is 0 Å². The summed E-state index contributed by atoms with van der Waals surface area (Å²) in [5.74, 6) is 1.04. The highest BCUT2D eigenvalue weighted by Gasteiger charge is 2.43. The SMILES string of the molecule is CCS1(C)c2cc3c(cc2-c2c1cc(-c1cccc4ccccc14)c1c2oc2ccccc21)S(C)(C)c1cc(-c2cccc4ccccc24)c2oc4ccccc4c2c1-3. The maximum absolute atomic E-state index is 7.10. The molecule has 4 heteroatoms. The van der Waals surface area contributed by atoms with Gasteiger partial charge in [-0.25, -0.2) is 0 Å². The van der Waals surface area contributed by atoms with E-state index in [1.54, 1.807) is 0 Å². The van der Waals surface area contributed by atoms with Gasteiger partial charge >= 0.3 is 0 Å². The fourth-order valence-corrected chi connectivity index (χ4v) is 16.1. The average molecular weight is 797 g/mol. The van der Waals surface area contributed by atoms with Crippen molar-refractivity contribution >= 4 is 85.5 Å². The van der Waals surface area contributed by atoms with Crippen LogP contribution in [0.2, 0.25) is 0 Å². The van der Waals surface area contributed by atoms with Gasteiger partial charge in [0.1, 0.15) is 22.3 Å². The second kappa shape index (κ2) is 11.7. The van der Waals surface area contributed by atoms with E-state index < -0.39 is 20.1 Å². The summed E-state index contributed by atoms with van der Waals surface area (Å²) in [5, 5.41) is 9.81. The summed E-state index contributed by atoms with van der Waals surface area (Å²) in [6.07, 6.45) is 7.56. The maximum Gasteiger partial charge on any atom is 0.144 e. The molecule has 2 nitrogen and oxygen atoms in total. The molecule has 59 heavy (non-hydrogen) atoms. The van der Waals surface area contributed by atoms with Crippen LogP contribution in [0.1, 0.15) is 6.92 Å². The minimum absolute atomic E-state index is 0.935. The monoisotopic (exact) mass is 796 g/mol. The lowest BCUT2D eigenvalue weighted by Crippen LogP contribution is -2.00. The van der Waals surface area contributed by atoms with E-state index in [4.69, 9.17) is 8.83 Å². The third-order valence-corrected chi connectivity index (χ3v) is 20.3. The number of benzene rings is 9. The number of hydrogen-bond acceptors (Lipinski definition) is 2. The Kier molecular flexibility index (Phi) is 6.70. The fourth-order valence-electron chi connectivity index (χ4n) is 10.7. The summed E-state index contributed by atoms with van der Waals surface area (Å²) in [6, 6.07) is 58.5. The van der Waals surface area contributed by atoms with Crippen molar-refractivity contribution in [1.29, 1.82) is 0 Å². The van der Waals surface area contributed by atoms with Crippen LogP contribution in [0, 0.1) is 0 Å². The van der Waals surface area contributed by atoms with Crippen LogP contribution in [-0.2, 0) is 0 Å². The van der Waals surface area contributed by atoms with Gasteiger partial charge in [0.2, 0.25) is 0 Å². The van der Waals surface area contributed by atoms with Crippen molar-refractivity contribution < 1.29 is 8.83 Å². The Morgan fingerprint density at radius 2 is 0.881 bits per heavy atom. The van der Waals surface area contributed by atoms with Crippen molar-refractivity contribution in [2.75, 3.05) is 24.5 Å². The van der Waals surface area contributed by atoms with E-state index in [0.29, 0.717) is 0 Å². The van der Waals surface area contributed by atoms with Gasteiger partial charge in [-0.1, -0.05) is 128 Å². The van der Waals surface area contributed by atoms with Crippen molar-refractivity contribution in [3.05, 3.63) is 158 Å². The largest absolute Gasteiger partial charge is 0.455 e. The molecule has 1 atom stereocenters. The molecule has 0 spiro atoms. The predicted molar refractivity (Wildman–Crippen MR) is 254 cm³/mol. The normalized spacial score (nSPS) is 18.0. The van der Waals surface area contributed by atoms with E-state index in [9.17, 15) is 0 Å². The van der Waals surface area contributed by atoms with Gasteiger partial charge in [-0.15, -0.1) is 0 Å². The second-order valence-electron chi connectivity index (χ2n) is 16.8. The molecule has 0 N–H and O–H groups in total. The lowest BCUT2D eigenvalue weighted by Gasteiger charge is -2.33. The highest BCUT2D eigenvalue weighted by atomic mass is 32.3. The standard InChI is InChI=1S/C55H40O2S2/c1-5-59(4)47-31-42-46(30-43(47)52-49(59)28-40(36-24-14-18-32-16-6-8-20-34(32)36)50-38-22-10-12-26-44(38)57-55(50)52)58(2,3)48-29-41(37-25-15-19-33-17-7-9-21-35(33)37)54-53(51(42)48)39-23-11-13-27-45(39)56-54/h6-31H,5H2,1-4H3. The van der Waals surface area contributed by atoms with Crippen molar-refractivity contribution in [2.24, 2.45) is 0 Å². The molecule has 0 aliphatic carbocycles. The highest BCUT2D eigenvalue weighted by Crippen LogP contribution is 2.76. The van der Waals surface area contributed by atoms with Crippen LogP contribution in [0.15, 0.2) is 186 Å². The number of para-hydroxylation sites is 2. The third kappa shape index (κ3) is 4.30. The van der Waals surface area contributed by atoms with Crippen LogP contribution in [0.4, 0.5) is 0 Å². The zero-order chi connectivity index (χ0) is 39.4. The van der Waals surface area contributed by atoms with Gasteiger partial charge in [-0.05, 0) is 105 Å². The summed E-state index contributed by atoms with van der Waals surface area (Å²) in [7, 11) is -2.94. The molecule has 9 aromatic carbocycles. The number of rotatable bonds is 3. The predicted octanol–water partition coefficient (Wildman–Crippen LogP) is 16.4. The number of fused-ring (bicyclic) bond motifs is 16. The van der Waals surface area contributed by atoms with Gasteiger partial charge < -0.3 is 8.83 Å². The molecule has 0 saturated carbocycles. The first-order valence-electron chi connectivity index (χ1n) is 20.5. The quantitative estimate of drug-likeness (QED) is 0.178. The Hall–Kier alpha value is -6.20. The molecule has 2 aromatic heterocycles. The highest BCUT2D eigenvalue weighted by molar-refractivity contribution is 8.34. The average Bonchev–Trinajstić information content (AvgIpc) is 3.98. The Bertz CT molecular complexity index is 3650. The summed E-state index contributed by atoms with van der Waals surface area (Å²) in [4.78, 5) is 5.78. The van der Waals surface area contributed by atoms with E-state index in [0.717, 1.165) is 28.1 Å². The smallest absolute Gasteiger partial charge is 0.144 e. The van der Waals surface area contributed by atoms with Crippen LogP contribution >= 0.6 is 20.1 Å². The first-order valence-corrected chi connectivity index (χ1v) is 25.1. The van der Waals surface area contributed by atoms with Crippen molar-refractivity contribution in [1.82, 2.24) is 0 Å². The lowest BCUT2D eigenvalue weighted by molar-refractivity contribution is 0.669. The molecule has 0 saturated heterocycles. The van der Waals surface area contributed by atoms with Crippen LogP contribution < -0.4 is 0 Å². The topological polar surface area (TPSA) is 26.3 Å². The molecule has 0 bridgehead atoms. The van der Waals surface area contributed by atoms with Gasteiger partial charge in [-0.2, -0.15) is 20.1 Å². The van der Waals surface area contributed by atoms with Crippen molar-refractivity contribution in [3.63, 3.8) is 0 Å². The molecule has 0 radical (unpaired) electrons.